The Morgan fingerprint density at radius 1 is 1.00 bits per heavy atom. The van der Waals surface area contributed by atoms with Crippen molar-refractivity contribution in [1.82, 2.24) is 0 Å². The van der Waals surface area contributed by atoms with E-state index in [0.717, 1.165) is 28.8 Å². The number of carbonyl (C=O) groups is 1. The predicted molar refractivity (Wildman–Crippen MR) is 80.0 cm³/mol. The summed E-state index contributed by atoms with van der Waals surface area (Å²) in [7, 11) is 0. The molecule has 0 aromatic heterocycles. The second-order valence-electron chi connectivity index (χ2n) is 5.61. The van der Waals surface area contributed by atoms with Crippen LogP contribution >= 0.6 is 0 Å². The van der Waals surface area contributed by atoms with E-state index >= 15 is 0 Å². The molecule has 0 N–H and O–H groups in total. The van der Waals surface area contributed by atoms with Gasteiger partial charge in [-0.25, -0.2) is 4.39 Å². The first-order valence-corrected chi connectivity index (χ1v) is 7.14. The monoisotopic (exact) mass is 324 g/mol. The first kappa shape index (κ1) is 17.2. The van der Waals surface area contributed by atoms with Crippen LogP contribution in [0.4, 0.5) is 17.6 Å². The number of carbonyl (C=O) groups excluding carboxylic acids is 1. The summed E-state index contributed by atoms with van der Waals surface area (Å²) in [6, 6.07) is 7.87. The molecule has 0 amide bonds. The van der Waals surface area contributed by atoms with E-state index in [-0.39, 0.29) is 12.0 Å². The summed E-state index contributed by atoms with van der Waals surface area (Å²) in [5, 5.41) is 0. The third kappa shape index (κ3) is 4.41. The van der Waals surface area contributed by atoms with Gasteiger partial charge in [-0.05, 0) is 44.0 Å². The number of Topliss-reactive ketones (excluding diaryl/α,β-unsaturated/α-hetero) is 1. The molecule has 0 unspecified atom stereocenters. The summed E-state index contributed by atoms with van der Waals surface area (Å²) in [6.45, 7) is 3.88. The molecule has 2 aromatic rings. The van der Waals surface area contributed by atoms with Gasteiger partial charge in [0.1, 0.15) is 5.82 Å². The zero-order valence-corrected chi connectivity index (χ0v) is 12.8. The molecular formula is C18H16F4O. The van der Waals surface area contributed by atoms with Crippen molar-refractivity contribution in [2.75, 3.05) is 0 Å². The normalized spacial score (nSPS) is 11.6. The number of hydrogen-bond donors (Lipinski definition) is 0. The molecule has 0 aliphatic rings. The van der Waals surface area contributed by atoms with Gasteiger partial charge in [-0.15, -0.1) is 0 Å². The molecule has 0 radical (unpaired) electrons. The lowest BCUT2D eigenvalue weighted by Crippen LogP contribution is -2.09. The standard InChI is InChI=1S/C18H16F4O/c1-11-7-12(2)9-13(8-11)3-6-17(23)15-5-4-14(10-16(15)19)18(20,21)22/h4-5,7-10H,3,6H2,1-2H3. The molecule has 0 spiro atoms. The van der Waals surface area contributed by atoms with E-state index in [0.29, 0.717) is 12.5 Å². The molecule has 0 saturated heterocycles. The topological polar surface area (TPSA) is 17.1 Å². The highest BCUT2D eigenvalue weighted by molar-refractivity contribution is 5.96. The van der Waals surface area contributed by atoms with E-state index in [9.17, 15) is 22.4 Å². The van der Waals surface area contributed by atoms with Crippen LogP contribution in [0.15, 0.2) is 36.4 Å². The van der Waals surface area contributed by atoms with Gasteiger partial charge in [-0.3, -0.25) is 4.79 Å². The Morgan fingerprint density at radius 3 is 2.13 bits per heavy atom. The van der Waals surface area contributed by atoms with Crippen LogP contribution in [0.1, 0.15) is 39.0 Å². The first-order chi connectivity index (χ1) is 10.7. The highest BCUT2D eigenvalue weighted by Gasteiger charge is 2.31. The number of benzene rings is 2. The maximum Gasteiger partial charge on any atom is 0.416 e. The third-order valence-electron chi connectivity index (χ3n) is 3.52. The quantitative estimate of drug-likeness (QED) is 0.552. The van der Waals surface area contributed by atoms with Gasteiger partial charge in [-0.2, -0.15) is 13.2 Å². The number of aryl methyl sites for hydroxylation is 3. The van der Waals surface area contributed by atoms with Crippen LogP contribution in [0.5, 0.6) is 0 Å². The number of rotatable bonds is 4. The molecule has 0 fully saturated rings. The van der Waals surface area contributed by atoms with Crippen molar-refractivity contribution < 1.29 is 22.4 Å². The molecule has 2 aromatic carbocycles. The van der Waals surface area contributed by atoms with Crippen molar-refractivity contribution >= 4 is 5.78 Å². The predicted octanol–water partition coefficient (Wildman–Crippen LogP) is 5.28. The Hall–Kier alpha value is -2.17. The number of ketones is 1. The van der Waals surface area contributed by atoms with Crippen LogP contribution in [-0.2, 0) is 12.6 Å². The summed E-state index contributed by atoms with van der Waals surface area (Å²) in [4.78, 5) is 12.0. The van der Waals surface area contributed by atoms with Gasteiger partial charge in [0, 0.05) is 6.42 Å². The molecular weight excluding hydrogens is 308 g/mol. The van der Waals surface area contributed by atoms with E-state index in [2.05, 4.69) is 0 Å². The molecule has 0 atom stereocenters. The highest BCUT2D eigenvalue weighted by atomic mass is 19.4. The molecule has 122 valence electrons. The third-order valence-corrected chi connectivity index (χ3v) is 3.52. The molecule has 5 heteroatoms. The fraction of sp³-hybridized carbons (Fsp3) is 0.278. The summed E-state index contributed by atoms with van der Waals surface area (Å²) < 4.78 is 51.2. The maximum absolute atomic E-state index is 13.8. The fourth-order valence-electron chi connectivity index (χ4n) is 2.52. The van der Waals surface area contributed by atoms with Crippen LogP contribution in [0, 0.1) is 19.7 Å². The van der Waals surface area contributed by atoms with Gasteiger partial charge in [0.2, 0.25) is 0 Å². The molecule has 2 rings (SSSR count). The van der Waals surface area contributed by atoms with Crippen LogP contribution in [0.3, 0.4) is 0 Å². The van der Waals surface area contributed by atoms with Gasteiger partial charge >= 0.3 is 6.18 Å². The summed E-state index contributed by atoms with van der Waals surface area (Å²) >= 11 is 0. The van der Waals surface area contributed by atoms with Gasteiger partial charge in [0.25, 0.3) is 0 Å². The van der Waals surface area contributed by atoms with Crippen molar-refractivity contribution in [3.8, 4) is 0 Å². The molecule has 1 nitrogen and oxygen atoms in total. The van der Waals surface area contributed by atoms with Crippen molar-refractivity contribution in [2.24, 2.45) is 0 Å². The lowest BCUT2D eigenvalue weighted by molar-refractivity contribution is -0.137. The van der Waals surface area contributed by atoms with E-state index < -0.39 is 23.3 Å². The maximum atomic E-state index is 13.8. The Labute approximate surface area is 132 Å². The smallest absolute Gasteiger partial charge is 0.294 e. The molecule has 0 aliphatic heterocycles. The number of halogens is 4. The van der Waals surface area contributed by atoms with Crippen molar-refractivity contribution in [1.29, 1.82) is 0 Å². The van der Waals surface area contributed by atoms with Gasteiger partial charge in [0.15, 0.2) is 5.78 Å². The van der Waals surface area contributed by atoms with Crippen LogP contribution in [-0.4, -0.2) is 5.78 Å². The SMILES string of the molecule is Cc1cc(C)cc(CCC(=O)c2ccc(C(F)(F)F)cc2F)c1. The lowest BCUT2D eigenvalue weighted by atomic mass is 9.99. The van der Waals surface area contributed by atoms with Crippen LogP contribution in [0.25, 0.3) is 0 Å². The van der Waals surface area contributed by atoms with Gasteiger partial charge in [0.05, 0.1) is 11.1 Å². The Kier molecular flexibility index (Phi) is 4.88. The molecule has 23 heavy (non-hydrogen) atoms. The second-order valence-corrected chi connectivity index (χ2v) is 5.61. The minimum atomic E-state index is -4.62. The minimum absolute atomic E-state index is 0.0468. The average molecular weight is 324 g/mol. The van der Waals surface area contributed by atoms with E-state index in [1.807, 2.05) is 32.0 Å². The van der Waals surface area contributed by atoms with Crippen LogP contribution < -0.4 is 0 Å². The Morgan fingerprint density at radius 2 is 1.61 bits per heavy atom. The van der Waals surface area contributed by atoms with E-state index in [1.165, 1.54) is 0 Å². The second kappa shape index (κ2) is 6.52. The molecule has 0 saturated carbocycles. The largest absolute Gasteiger partial charge is 0.416 e. The lowest BCUT2D eigenvalue weighted by Gasteiger charge is -2.09. The highest BCUT2D eigenvalue weighted by Crippen LogP contribution is 2.30. The first-order valence-electron chi connectivity index (χ1n) is 7.14. The average Bonchev–Trinajstić information content (AvgIpc) is 2.42. The van der Waals surface area contributed by atoms with Gasteiger partial charge < -0.3 is 0 Å². The van der Waals surface area contributed by atoms with Crippen molar-refractivity contribution in [2.45, 2.75) is 32.9 Å². The fourth-order valence-corrected chi connectivity index (χ4v) is 2.52. The zero-order chi connectivity index (χ0) is 17.2. The number of hydrogen-bond acceptors (Lipinski definition) is 1. The van der Waals surface area contributed by atoms with E-state index in [4.69, 9.17) is 0 Å². The van der Waals surface area contributed by atoms with Gasteiger partial charge in [-0.1, -0.05) is 29.3 Å². The van der Waals surface area contributed by atoms with E-state index in [1.54, 1.807) is 0 Å². The molecule has 0 bridgehead atoms. The number of alkyl halides is 3. The minimum Gasteiger partial charge on any atom is -0.294 e. The zero-order valence-electron chi connectivity index (χ0n) is 12.8. The molecule has 0 aliphatic carbocycles. The van der Waals surface area contributed by atoms with Crippen molar-refractivity contribution in [3.63, 3.8) is 0 Å². The summed E-state index contributed by atoms with van der Waals surface area (Å²) in [5.41, 5.74) is 1.67. The Bertz CT molecular complexity index is 712. The summed E-state index contributed by atoms with van der Waals surface area (Å²) in [6.07, 6.45) is -4.16. The Balaban J connectivity index is 2.12. The van der Waals surface area contributed by atoms with Crippen LogP contribution in [0.2, 0.25) is 0 Å². The van der Waals surface area contributed by atoms with Crippen molar-refractivity contribution in [3.05, 3.63) is 70.0 Å². The molecule has 0 heterocycles. The summed E-state index contributed by atoms with van der Waals surface area (Å²) in [5.74, 6) is -1.64.